The van der Waals surface area contributed by atoms with Crippen molar-refractivity contribution >= 4 is 23.6 Å². The average Bonchev–Trinajstić information content (AvgIpc) is 2.24. The molecule has 1 aromatic carbocycles. The second-order valence-electron chi connectivity index (χ2n) is 4.86. The van der Waals surface area contributed by atoms with Gasteiger partial charge in [-0.2, -0.15) is 0 Å². The van der Waals surface area contributed by atoms with Gasteiger partial charge in [0.15, 0.2) is 6.29 Å². The second-order valence-corrected chi connectivity index (χ2v) is 5.27. The van der Waals surface area contributed by atoms with Crippen molar-refractivity contribution in [1.29, 1.82) is 0 Å². The van der Waals surface area contributed by atoms with E-state index in [-0.39, 0.29) is 5.54 Å². The fourth-order valence-corrected chi connectivity index (χ4v) is 1.95. The monoisotopic (exact) mass is 251 g/mol. The van der Waals surface area contributed by atoms with Crippen LogP contribution in [0.2, 0.25) is 5.02 Å². The summed E-state index contributed by atoms with van der Waals surface area (Å²) in [7, 11) is 0. The summed E-state index contributed by atoms with van der Waals surface area (Å²) in [6.07, 6.45) is 2.63. The molecule has 0 heterocycles. The van der Waals surface area contributed by atoms with Gasteiger partial charge in [0.05, 0.1) is 10.6 Å². The Kier molecular flexibility index (Phi) is 4.35. The molecule has 0 unspecified atom stereocenters. The first kappa shape index (κ1) is 13.8. The van der Waals surface area contributed by atoms with Gasteiger partial charge in [0, 0.05) is 17.8 Å². The van der Waals surface area contributed by atoms with E-state index in [0.29, 0.717) is 17.1 Å². The summed E-state index contributed by atoms with van der Waals surface area (Å²) in [5.74, 6) is 0. The normalized spacial score (nSPS) is 11.1. The van der Waals surface area contributed by atoms with Crippen molar-refractivity contribution in [3.8, 4) is 0 Å². The van der Waals surface area contributed by atoms with Crippen LogP contribution in [-0.2, 0) is 0 Å². The summed E-state index contributed by atoms with van der Waals surface area (Å²) in [6.45, 7) is 10.7. The molecular formula is C14H18ClNO. The first-order valence-electron chi connectivity index (χ1n) is 5.54. The van der Waals surface area contributed by atoms with Crippen LogP contribution in [0.4, 0.5) is 5.69 Å². The third-order valence-corrected chi connectivity index (χ3v) is 2.89. The first-order valence-corrected chi connectivity index (χ1v) is 5.92. The molecule has 1 rings (SSSR count). The number of aldehydes is 1. The standard InChI is InChI=1S/C14H18ClNO/c1-5-9-16(14(2,3)4)13-8-6-7-12(15)11(13)10-17/h5-8,10H,1,9H2,2-4H3. The highest BCUT2D eigenvalue weighted by Gasteiger charge is 2.23. The van der Waals surface area contributed by atoms with Crippen LogP contribution in [0.5, 0.6) is 0 Å². The van der Waals surface area contributed by atoms with E-state index in [2.05, 4.69) is 32.3 Å². The minimum atomic E-state index is -0.101. The highest BCUT2D eigenvalue weighted by Crippen LogP contribution is 2.30. The minimum absolute atomic E-state index is 0.101. The number of rotatable bonds is 4. The highest BCUT2D eigenvalue weighted by molar-refractivity contribution is 6.33. The molecule has 1 aromatic rings. The van der Waals surface area contributed by atoms with Gasteiger partial charge in [-0.25, -0.2) is 0 Å². The van der Waals surface area contributed by atoms with Crippen molar-refractivity contribution in [2.75, 3.05) is 11.4 Å². The van der Waals surface area contributed by atoms with Gasteiger partial charge in [-0.15, -0.1) is 6.58 Å². The van der Waals surface area contributed by atoms with E-state index in [1.54, 1.807) is 6.07 Å². The lowest BCUT2D eigenvalue weighted by Crippen LogP contribution is -2.42. The molecule has 3 heteroatoms. The predicted octanol–water partition coefficient (Wildman–Crippen LogP) is 3.94. The summed E-state index contributed by atoms with van der Waals surface area (Å²) in [5, 5.41) is 0.482. The Hall–Kier alpha value is -1.28. The van der Waals surface area contributed by atoms with Crippen molar-refractivity contribution in [2.45, 2.75) is 26.3 Å². The highest BCUT2D eigenvalue weighted by atomic mass is 35.5. The van der Waals surface area contributed by atoms with Crippen molar-refractivity contribution in [2.24, 2.45) is 0 Å². The average molecular weight is 252 g/mol. The van der Waals surface area contributed by atoms with Crippen LogP contribution in [0.3, 0.4) is 0 Å². The third-order valence-electron chi connectivity index (χ3n) is 2.56. The number of hydrogen-bond donors (Lipinski definition) is 0. The summed E-state index contributed by atoms with van der Waals surface area (Å²) < 4.78 is 0. The van der Waals surface area contributed by atoms with Crippen LogP contribution in [-0.4, -0.2) is 18.4 Å². The molecule has 0 spiro atoms. The third kappa shape index (κ3) is 3.10. The second kappa shape index (κ2) is 5.37. The molecule has 17 heavy (non-hydrogen) atoms. The lowest BCUT2D eigenvalue weighted by atomic mass is 10.0. The molecule has 0 N–H and O–H groups in total. The zero-order valence-electron chi connectivity index (χ0n) is 10.5. The fraction of sp³-hybridized carbons (Fsp3) is 0.357. The fourth-order valence-electron chi connectivity index (χ4n) is 1.74. The molecule has 0 aromatic heterocycles. The Balaban J connectivity index is 3.32. The van der Waals surface area contributed by atoms with Gasteiger partial charge in [-0.1, -0.05) is 23.7 Å². The minimum Gasteiger partial charge on any atom is -0.362 e. The smallest absolute Gasteiger partial charge is 0.153 e. The Labute approximate surface area is 108 Å². The van der Waals surface area contributed by atoms with Crippen LogP contribution in [0, 0.1) is 0 Å². The van der Waals surface area contributed by atoms with Crippen molar-refractivity contribution in [3.05, 3.63) is 41.4 Å². The van der Waals surface area contributed by atoms with Crippen LogP contribution in [0.1, 0.15) is 31.1 Å². The van der Waals surface area contributed by atoms with E-state index >= 15 is 0 Å². The van der Waals surface area contributed by atoms with Gasteiger partial charge >= 0.3 is 0 Å². The summed E-state index contributed by atoms with van der Waals surface area (Å²) in [5.41, 5.74) is 1.28. The molecule has 0 bridgehead atoms. The van der Waals surface area contributed by atoms with Gasteiger partial charge in [-0.3, -0.25) is 4.79 Å². The number of benzene rings is 1. The maximum Gasteiger partial charge on any atom is 0.153 e. The molecule has 92 valence electrons. The molecule has 2 nitrogen and oxygen atoms in total. The summed E-state index contributed by atoms with van der Waals surface area (Å²) >= 11 is 6.04. The molecule has 0 atom stereocenters. The largest absolute Gasteiger partial charge is 0.362 e. The molecule has 0 aliphatic carbocycles. The number of hydrogen-bond acceptors (Lipinski definition) is 2. The lowest BCUT2D eigenvalue weighted by Gasteiger charge is -2.37. The van der Waals surface area contributed by atoms with Crippen LogP contribution >= 0.6 is 11.6 Å². The molecule has 0 radical (unpaired) electrons. The Bertz CT molecular complexity index is 421. The predicted molar refractivity (Wildman–Crippen MR) is 74.1 cm³/mol. The van der Waals surface area contributed by atoms with Crippen molar-refractivity contribution < 1.29 is 4.79 Å². The molecule has 0 aliphatic rings. The van der Waals surface area contributed by atoms with E-state index in [1.165, 1.54) is 0 Å². The maximum atomic E-state index is 11.1. The van der Waals surface area contributed by atoms with Crippen molar-refractivity contribution in [3.63, 3.8) is 0 Å². The van der Waals surface area contributed by atoms with Gasteiger partial charge < -0.3 is 4.90 Å². The molecule has 0 aliphatic heterocycles. The Morgan fingerprint density at radius 3 is 2.53 bits per heavy atom. The zero-order valence-corrected chi connectivity index (χ0v) is 11.3. The van der Waals surface area contributed by atoms with Crippen LogP contribution in [0.25, 0.3) is 0 Å². The molecule has 0 saturated carbocycles. The van der Waals surface area contributed by atoms with Gasteiger partial charge in [0.2, 0.25) is 0 Å². The van der Waals surface area contributed by atoms with Gasteiger partial charge in [0.25, 0.3) is 0 Å². The Morgan fingerprint density at radius 2 is 2.06 bits per heavy atom. The first-order chi connectivity index (χ1) is 7.91. The van der Waals surface area contributed by atoms with E-state index in [0.717, 1.165) is 12.0 Å². The number of nitrogens with zero attached hydrogens (tertiary/aromatic N) is 1. The maximum absolute atomic E-state index is 11.1. The summed E-state index contributed by atoms with van der Waals surface area (Å²) in [6, 6.07) is 5.49. The van der Waals surface area contributed by atoms with Crippen LogP contribution < -0.4 is 4.90 Å². The zero-order chi connectivity index (χ0) is 13.1. The van der Waals surface area contributed by atoms with E-state index < -0.39 is 0 Å². The number of carbonyl (C=O) groups excluding carboxylic acids is 1. The van der Waals surface area contributed by atoms with Crippen molar-refractivity contribution in [1.82, 2.24) is 0 Å². The SMILES string of the molecule is C=CCN(c1cccc(Cl)c1C=O)C(C)(C)C. The van der Waals surface area contributed by atoms with Gasteiger partial charge in [0.1, 0.15) is 0 Å². The van der Waals surface area contributed by atoms with Crippen LogP contribution in [0.15, 0.2) is 30.9 Å². The molecule has 0 saturated heterocycles. The molecule has 0 fully saturated rings. The topological polar surface area (TPSA) is 20.3 Å². The summed E-state index contributed by atoms with van der Waals surface area (Å²) in [4.78, 5) is 13.3. The quantitative estimate of drug-likeness (QED) is 0.597. The van der Waals surface area contributed by atoms with Gasteiger partial charge in [-0.05, 0) is 32.9 Å². The number of carbonyl (C=O) groups is 1. The Morgan fingerprint density at radius 1 is 1.41 bits per heavy atom. The van der Waals surface area contributed by atoms with E-state index in [4.69, 9.17) is 11.6 Å². The number of halogens is 1. The lowest BCUT2D eigenvalue weighted by molar-refractivity contribution is 0.112. The molecular weight excluding hydrogens is 234 g/mol. The van der Waals surface area contributed by atoms with E-state index in [1.807, 2.05) is 18.2 Å². The number of anilines is 1. The van der Waals surface area contributed by atoms with E-state index in [9.17, 15) is 4.79 Å². The molecule has 0 amide bonds.